The van der Waals surface area contributed by atoms with E-state index in [-0.39, 0.29) is 12.0 Å². The third-order valence-electron chi connectivity index (χ3n) is 5.27. The van der Waals surface area contributed by atoms with Crippen LogP contribution in [0.25, 0.3) is 0 Å². The molecule has 0 spiro atoms. The minimum atomic E-state index is 0.0306. The molecular formula is C21H26N4O3. The fourth-order valence-corrected chi connectivity index (χ4v) is 3.59. The van der Waals surface area contributed by atoms with E-state index >= 15 is 0 Å². The Balaban J connectivity index is 1.25. The number of amides is 1. The van der Waals surface area contributed by atoms with Gasteiger partial charge in [0.2, 0.25) is 0 Å². The summed E-state index contributed by atoms with van der Waals surface area (Å²) in [6, 6.07) is 7.49. The number of carbonyl (C=O) groups excluding carboxylic acids is 1. The Kier molecular flexibility index (Phi) is 6.01. The molecular weight excluding hydrogens is 356 g/mol. The largest absolute Gasteiger partial charge is 0.489 e. The first-order chi connectivity index (χ1) is 13.8. The first-order valence-corrected chi connectivity index (χ1v) is 9.91. The number of anilines is 1. The Morgan fingerprint density at radius 1 is 1.21 bits per heavy atom. The van der Waals surface area contributed by atoms with Gasteiger partial charge in [-0.25, -0.2) is 4.98 Å². The van der Waals surface area contributed by atoms with Gasteiger partial charge in [0.05, 0.1) is 18.4 Å². The standard InChI is InChI=1S/C21H26N4O3/c26-21(17-3-4-20(24-13-17)23-12-16-7-11-27-15-16)25-9-5-18(6-10-25)28-19-2-1-8-22-14-19/h1-4,8,13-14,16,18H,5-7,9-12,15H2,(H,23,24). The number of hydrogen-bond donors (Lipinski definition) is 1. The van der Waals surface area contributed by atoms with Crippen molar-refractivity contribution >= 4 is 11.7 Å². The van der Waals surface area contributed by atoms with E-state index in [0.717, 1.165) is 50.6 Å². The van der Waals surface area contributed by atoms with Crippen LogP contribution in [0, 0.1) is 5.92 Å². The van der Waals surface area contributed by atoms with Crippen LogP contribution in [0.15, 0.2) is 42.9 Å². The second-order valence-electron chi connectivity index (χ2n) is 7.34. The van der Waals surface area contributed by atoms with Crippen LogP contribution < -0.4 is 10.1 Å². The average Bonchev–Trinajstić information content (AvgIpc) is 3.27. The SMILES string of the molecule is O=C(c1ccc(NCC2CCOC2)nc1)N1CCC(Oc2cccnc2)CC1. The lowest BCUT2D eigenvalue weighted by Gasteiger charge is -2.32. The molecule has 4 heterocycles. The number of aromatic nitrogens is 2. The molecule has 1 unspecified atom stereocenters. The molecule has 7 heteroatoms. The number of ether oxygens (including phenoxy) is 2. The molecule has 1 N–H and O–H groups in total. The normalized spacial score (nSPS) is 20.1. The van der Waals surface area contributed by atoms with Crippen molar-refractivity contribution in [2.45, 2.75) is 25.4 Å². The van der Waals surface area contributed by atoms with E-state index in [9.17, 15) is 4.79 Å². The molecule has 2 fully saturated rings. The van der Waals surface area contributed by atoms with Gasteiger partial charge in [0.1, 0.15) is 17.7 Å². The summed E-state index contributed by atoms with van der Waals surface area (Å²) in [5.41, 5.74) is 0.626. The summed E-state index contributed by atoms with van der Waals surface area (Å²) in [6.45, 7) is 3.88. The second-order valence-corrected chi connectivity index (χ2v) is 7.34. The molecule has 2 aliphatic heterocycles. The Bertz CT molecular complexity index is 755. The van der Waals surface area contributed by atoms with Crippen LogP contribution in [0.3, 0.4) is 0 Å². The molecule has 4 rings (SSSR count). The van der Waals surface area contributed by atoms with Crippen LogP contribution in [0.2, 0.25) is 0 Å². The number of piperidine rings is 1. The van der Waals surface area contributed by atoms with E-state index < -0.39 is 0 Å². The molecule has 0 aromatic carbocycles. The van der Waals surface area contributed by atoms with E-state index in [4.69, 9.17) is 9.47 Å². The summed E-state index contributed by atoms with van der Waals surface area (Å²) in [6.07, 6.45) is 7.95. The summed E-state index contributed by atoms with van der Waals surface area (Å²) in [5, 5.41) is 3.32. The van der Waals surface area contributed by atoms with Gasteiger partial charge >= 0.3 is 0 Å². The van der Waals surface area contributed by atoms with Crippen molar-refractivity contribution in [3.8, 4) is 5.75 Å². The minimum absolute atomic E-state index is 0.0306. The van der Waals surface area contributed by atoms with Gasteiger partial charge in [-0.3, -0.25) is 9.78 Å². The molecule has 28 heavy (non-hydrogen) atoms. The number of pyridine rings is 2. The van der Waals surface area contributed by atoms with Crippen LogP contribution >= 0.6 is 0 Å². The predicted octanol–water partition coefficient (Wildman–Crippen LogP) is 2.61. The number of carbonyl (C=O) groups is 1. The van der Waals surface area contributed by atoms with Gasteiger partial charge in [-0.05, 0) is 30.7 Å². The summed E-state index contributed by atoms with van der Waals surface area (Å²) < 4.78 is 11.3. The Morgan fingerprint density at radius 2 is 2.11 bits per heavy atom. The fourth-order valence-electron chi connectivity index (χ4n) is 3.59. The van der Waals surface area contributed by atoms with Gasteiger partial charge in [-0.2, -0.15) is 0 Å². The smallest absolute Gasteiger partial charge is 0.255 e. The van der Waals surface area contributed by atoms with E-state index in [1.165, 1.54) is 0 Å². The molecule has 148 valence electrons. The van der Waals surface area contributed by atoms with Gasteiger partial charge in [-0.1, -0.05) is 0 Å². The van der Waals surface area contributed by atoms with Crippen molar-refractivity contribution in [1.29, 1.82) is 0 Å². The van der Waals surface area contributed by atoms with E-state index in [1.54, 1.807) is 18.6 Å². The summed E-state index contributed by atoms with van der Waals surface area (Å²) in [5.74, 6) is 2.15. The zero-order valence-corrected chi connectivity index (χ0v) is 15.9. The van der Waals surface area contributed by atoms with Gasteiger partial charge in [0, 0.05) is 57.4 Å². The van der Waals surface area contributed by atoms with Crippen molar-refractivity contribution in [3.63, 3.8) is 0 Å². The van der Waals surface area contributed by atoms with Crippen molar-refractivity contribution < 1.29 is 14.3 Å². The Labute approximate surface area is 165 Å². The van der Waals surface area contributed by atoms with Gasteiger partial charge < -0.3 is 19.7 Å². The molecule has 0 saturated carbocycles. The van der Waals surface area contributed by atoms with E-state index in [0.29, 0.717) is 24.6 Å². The Hall–Kier alpha value is -2.67. The van der Waals surface area contributed by atoms with Crippen LogP contribution in [0.4, 0.5) is 5.82 Å². The molecule has 1 amide bonds. The third kappa shape index (κ3) is 4.78. The fraction of sp³-hybridized carbons (Fsp3) is 0.476. The van der Waals surface area contributed by atoms with Gasteiger partial charge in [0.15, 0.2) is 0 Å². The number of nitrogens with zero attached hydrogens (tertiary/aromatic N) is 3. The average molecular weight is 382 g/mol. The molecule has 7 nitrogen and oxygen atoms in total. The number of hydrogen-bond acceptors (Lipinski definition) is 6. The zero-order chi connectivity index (χ0) is 19.2. The van der Waals surface area contributed by atoms with Crippen LogP contribution in [-0.2, 0) is 4.74 Å². The van der Waals surface area contributed by atoms with Gasteiger partial charge in [0.25, 0.3) is 5.91 Å². The number of likely N-dealkylation sites (tertiary alicyclic amines) is 1. The summed E-state index contributed by atoms with van der Waals surface area (Å²) in [4.78, 5) is 23.1. The van der Waals surface area contributed by atoms with Crippen molar-refractivity contribution in [2.24, 2.45) is 5.92 Å². The van der Waals surface area contributed by atoms with Crippen molar-refractivity contribution in [2.75, 3.05) is 38.2 Å². The highest BCUT2D eigenvalue weighted by atomic mass is 16.5. The molecule has 2 aromatic heterocycles. The topological polar surface area (TPSA) is 76.6 Å². The molecule has 2 saturated heterocycles. The van der Waals surface area contributed by atoms with Gasteiger partial charge in [-0.15, -0.1) is 0 Å². The van der Waals surface area contributed by atoms with Crippen molar-refractivity contribution in [1.82, 2.24) is 14.9 Å². The summed E-state index contributed by atoms with van der Waals surface area (Å²) >= 11 is 0. The molecule has 0 bridgehead atoms. The molecule has 0 radical (unpaired) electrons. The lowest BCUT2D eigenvalue weighted by Crippen LogP contribution is -2.41. The lowest BCUT2D eigenvalue weighted by molar-refractivity contribution is 0.0594. The van der Waals surface area contributed by atoms with Crippen LogP contribution in [0.1, 0.15) is 29.6 Å². The highest BCUT2D eigenvalue weighted by molar-refractivity contribution is 5.94. The number of rotatable bonds is 6. The first kappa shape index (κ1) is 18.7. The first-order valence-electron chi connectivity index (χ1n) is 9.91. The zero-order valence-electron chi connectivity index (χ0n) is 15.9. The van der Waals surface area contributed by atoms with Crippen molar-refractivity contribution in [3.05, 3.63) is 48.4 Å². The quantitative estimate of drug-likeness (QED) is 0.828. The van der Waals surface area contributed by atoms with E-state index in [1.807, 2.05) is 29.2 Å². The molecule has 2 aliphatic rings. The lowest BCUT2D eigenvalue weighted by atomic mass is 10.1. The second kappa shape index (κ2) is 9.01. The third-order valence-corrected chi connectivity index (χ3v) is 5.27. The maximum Gasteiger partial charge on any atom is 0.255 e. The predicted molar refractivity (Wildman–Crippen MR) is 105 cm³/mol. The highest BCUT2D eigenvalue weighted by Crippen LogP contribution is 2.20. The molecule has 0 aliphatic carbocycles. The number of nitrogens with one attached hydrogen (secondary N) is 1. The maximum atomic E-state index is 12.7. The minimum Gasteiger partial charge on any atom is -0.489 e. The van der Waals surface area contributed by atoms with E-state index in [2.05, 4.69) is 15.3 Å². The van der Waals surface area contributed by atoms with Crippen LogP contribution in [-0.4, -0.2) is 59.7 Å². The molecule has 1 atom stereocenters. The monoisotopic (exact) mass is 382 g/mol. The Morgan fingerprint density at radius 3 is 2.79 bits per heavy atom. The van der Waals surface area contributed by atoms with Crippen LogP contribution in [0.5, 0.6) is 5.75 Å². The highest BCUT2D eigenvalue weighted by Gasteiger charge is 2.25. The molecule has 2 aromatic rings. The summed E-state index contributed by atoms with van der Waals surface area (Å²) in [7, 11) is 0. The maximum absolute atomic E-state index is 12.7.